The van der Waals surface area contributed by atoms with Gasteiger partial charge in [0.25, 0.3) is 0 Å². The second kappa shape index (κ2) is 7.09. The van der Waals surface area contributed by atoms with Gasteiger partial charge in [0, 0.05) is 6.54 Å². The molecule has 1 amide bonds. The number of alkyl halides is 3. The molecule has 7 heteroatoms. The van der Waals surface area contributed by atoms with E-state index in [0.29, 0.717) is 13.1 Å². The summed E-state index contributed by atoms with van der Waals surface area (Å²) in [7, 11) is 0. The highest BCUT2D eigenvalue weighted by molar-refractivity contribution is 5.77. The Bertz CT molecular complexity index is 289. The fourth-order valence-corrected chi connectivity index (χ4v) is 2.35. The van der Waals surface area contributed by atoms with Crippen LogP contribution in [0.1, 0.15) is 32.1 Å². The summed E-state index contributed by atoms with van der Waals surface area (Å²) in [5, 5.41) is 2.62. The van der Waals surface area contributed by atoms with Gasteiger partial charge < -0.3 is 15.8 Å². The second-order valence-electron chi connectivity index (χ2n) is 5.15. The van der Waals surface area contributed by atoms with Crippen molar-refractivity contribution in [3.8, 4) is 0 Å². The van der Waals surface area contributed by atoms with Gasteiger partial charge in [0.05, 0.1) is 0 Å². The maximum Gasteiger partial charge on any atom is 0.411 e. The molecule has 1 saturated carbocycles. The number of nitrogens with one attached hydrogen (secondary N) is 1. The molecule has 112 valence electrons. The summed E-state index contributed by atoms with van der Waals surface area (Å²) in [5.41, 5.74) is 5.65. The molecule has 19 heavy (non-hydrogen) atoms. The van der Waals surface area contributed by atoms with Crippen LogP contribution < -0.4 is 11.1 Å². The Morgan fingerprint density at radius 2 is 1.89 bits per heavy atom. The number of hydrogen-bond donors (Lipinski definition) is 2. The molecular weight excluding hydrogens is 261 g/mol. The topological polar surface area (TPSA) is 64.3 Å². The number of halogens is 3. The first-order valence-electron chi connectivity index (χ1n) is 6.48. The maximum atomic E-state index is 11.8. The lowest BCUT2D eigenvalue weighted by molar-refractivity contribution is -0.175. The lowest BCUT2D eigenvalue weighted by Gasteiger charge is -2.36. The molecule has 0 aromatic carbocycles. The van der Waals surface area contributed by atoms with Gasteiger partial charge in [-0.25, -0.2) is 0 Å². The van der Waals surface area contributed by atoms with Crippen molar-refractivity contribution in [1.29, 1.82) is 0 Å². The van der Waals surface area contributed by atoms with Crippen molar-refractivity contribution in [3.05, 3.63) is 0 Å². The quantitative estimate of drug-likeness (QED) is 0.777. The van der Waals surface area contributed by atoms with Crippen LogP contribution in [0.25, 0.3) is 0 Å². The minimum atomic E-state index is -4.40. The number of nitrogens with two attached hydrogens (primary N) is 1. The van der Waals surface area contributed by atoms with Crippen molar-refractivity contribution < 1.29 is 22.7 Å². The van der Waals surface area contributed by atoms with Gasteiger partial charge in [-0.05, 0) is 24.8 Å². The van der Waals surface area contributed by atoms with E-state index < -0.39 is 25.3 Å². The van der Waals surface area contributed by atoms with Gasteiger partial charge in [-0.1, -0.05) is 19.3 Å². The van der Waals surface area contributed by atoms with E-state index in [4.69, 9.17) is 5.73 Å². The molecule has 0 saturated heterocycles. The summed E-state index contributed by atoms with van der Waals surface area (Å²) in [4.78, 5) is 11.4. The minimum Gasteiger partial charge on any atom is -0.362 e. The first kappa shape index (κ1) is 16.2. The van der Waals surface area contributed by atoms with Crippen molar-refractivity contribution in [3.63, 3.8) is 0 Å². The molecule has 1 aliphatic carbocycles. The molecule has 0 bridgehead atoms. The van der Waals surface area contributed by atoms with E-state index >= 15 is 0 Å². The molecule has 3 N–H and O–H groups in total. The fraction of sp³-hybridized carbons (Fsp3) is 0.917. The van der Waals surface area contributed by atoms with Crippen molar-refractivity contribution in [2.45, 2.75) is 38.3 Å². The van der Waals surface area contributed by atoms with Crippen LogP contribution >= 0.6 is 0 Å². The predicted octanol–water partition coefficient (Wildman–Crippen LogP) is 1.59. The summed E-state index contributed by atoms with van der Waals surface area (Å²) >= 11 is 0. The van der Waals surface area contributed by atoms with Gasteiger partial charge in [-0.2, -0.15) is 13.2 Å². The molecule has 1 fully saturated rings. The smallest absolute Gasteiger partial charge is 0.362 e. The van der Waals surface area contributed by atoms with Crippen molar-refractivity contribution >= 4 is 5.91 Å². The van der Waals surface area contributed by atoms with Crippen LogP contribution in [-0.4, -0.2) is 38.4 Å². The summed E-state index contributed by atoms with van der Waals surface area (Å²) in [6.45, 7) is -1.07. The van der Waals surface area contributed by atoms with E-state index in [-0.39, 0.29) is 5.41 Å². The highest BCUT2D eigenvalue weighted by Gasteiger charge is 2.31. The molecule has 1 rings (SSSR count). The summed E-state index contributed by atoms with van der Waals surface area (Å²) in [5.74, 6) is -0.525. The van der Waals surface area contributed by atoms with Crippen LogP contribution in [0.4, 0.5) is 13.2 Å². The molecule has 0 radical (unpaired) electrons. The van der Waals surface area contributed by atoms with E-state index in [0.717, 1.165) is 25.7 Å². The first-order chi connectivity index (χ1) is 8.87. The third-order valence-electron chi connectivity index (χ3n) is 3.51. The molecule has 0 aliphatic heterocycles. The normalized spacial score (nSPS) is 19.2. The van der Waals surface area contributed by atoms with Gasteiger partial charge in [0.2, 0.25) is 5.91 Å². The van der Waals surface area contributed by atoms with E-state index in [2.05, 4.69) is 10.1 Å². The van der Waals surface area contributed by atoms with Crippen LogP contribution in [0.5, 0.6) is 0 Å². The largest absolute Gasteiger partial charge is 0.411 e. The molecule has 0 aromatic heterocycles. The number of amides is 1. The molecule has 0 aromatic rings. The van der Waals surface area contributed by atoms with Crippen LogP contribution in [0, 0.1) is 5.41 Å². The Balaban J connectivity index is 2.25. The van der Waals surface area contributed by atoms with Crippen LogP contribution in [0.2, 0.25) is 0 Å². The number of carbonyl (C=O) groups is 1. The molecule has 0 spiro atoms. The molecular formula is C12H21F3N2O2. The van der Waals surface area contributed by atoms with Crippen LogP contribution in [-0.2, 0) is 9.53 Å². The van der Waals surface area contributed by atoms with E-state index in [9.17, 15) is 18.0 Å². The molecule has 0 atom stereocenters. The Morgan fingerprint density at radius 3 is 2.42 bits per heavy atom. The monoisotopic (exact) mass is 282 g/mol. The van der Waals surface area contributed by atoms with Gasteiger partial charge in [0.15, 0.2) is 0 Å². The van der Waals surface area contributed by atoms with Crippen LogP contribution in [0.3, 0.4) is 0 Å². The Labute approximate surface area is 110 Å². The van der Waals surface area contributed by atoms with Gasteiger partial charge in [0.1, 0.15) is 13.2 Å². The number of ether oxygens (including phenoxy) is 1. The number of hydrogen-bond acceptors (Lipinski definition) is 3. The zero-order valence-corrected chi connectivity index (χ0v) is 10.9. The summed E-state index contributed by atoms with van der Waals surface area (Å²) in [6, 6.07) is 0. The van der Waals surface area contributed by atoms with Crippen molar-refractivity contribution in [2.24, 2.45) is 11.1 Å². The molecule has 1 aliphatic rings. The Kier molecular flexibility index (Phi) is 6.06. The minimum absolute atomic E-state index is 0.0993. The average Bonchev–Trinajstić information content (AvgIpc) is 2.36. The molecule has 0 unspecified atom stereocenters. The van der Waals surface area contributed by atoms with Crippen molar-refractivity contribution in [2.75, 3.05) is 26.3 Å². The molecule has 0 heterocycles. The summed E-state index contributed by atoms with van der Waals surface area (Å²) in [6.07, 6.45) is 0.836. The average molecular weight is 282 g/mol. The van der Waals surface area contributed by atoms with E-state index in [1.807, 2.05) is 0 Å². The third-order valence-corrected chi connectivity index (χ3v) is 3.51. The maximum absolute atomic E-state index is 11.8. The van der Waals surface area contributed by atoms with Crippen LogP contribution in [0.15, 0.2) is 0 Å². The highest BCUT2D eigenvalue weighted by Crippen LogP contribution is 2.34. The SMILES string of the molecule is NCC1(CNC(=O)COCC(F)(F)F)CCCCC1. The van der Waals surface area contributed by atoms with Gasteiger partial charge >= 0.3 is 6.18 Å². The standard InChI is InChI=1S/C12H21F3N2O2/c13-12(14,15)9-19-6-10(18)17-8-11(7-16)4-2-1-3-5-11/h1-9,16H2,(H,17,18). The number of carbonyl (C=O) groups excluding carboxylic acids is 1. The predicted molar refractivity (Wildman–Crippen MR) is 64.5 cm³/mol. The first-order valence-corrected chi connectivity index (χ1v) is 6.48. The fourth-order valence-electron chi connectivity index (χ4n) is 2.35. The second-order valence-corrected chi connectivity index (χ2v) is 5.15. The zero-order chi connectivity index (χ0) is 14.4. The lowest BCUT2D eigenvalue weighted by atomic mass is 9.74. The van der Waals surface area contributed by atoms with E-state index in [1.165, 1.54) is 6.42 Å². The lowest BCUT2D eigenvalue weighted by Crippen LogP contribution is -2.44. The summed E-state index contributed by atoms with van der Waals surface area (Å²) < 4.78 is 39.8. The van der Waals surface area contributed by atoms with Gasteiger partial charge in [-0.15, -0.1) is 0 Å². The van der Waals surface area contributed by atoms with Gasteiger partial charge in [-0.3, -0.25) is 4.79 Å². The Hall–Kier alpha value is -0.820. The van der Waals surface area contributed by atoms with E-state index in [1.54, 1.807) is 0 Å². The zero-order valence-electron chi connectivity index (χ0n) is 10.9. The third kappa shape index (κ3) is 6.24. The molecule has 4 nitrogen and oxygen atoms in total. The Morgan fingerprint density at radius 1 is 1.26 bits per heavy atom. The number of rotatable bonds is 6. The highest BCUT2D eigenvalue weighted by atomic mass is 19.4. The van der Waals surface area contributed by atoms with Crippen molar-refractivity contribution in [1.82, 2.24) is 5.32 Å².